The van der Waals surface area contributed by atoms with Crippen molar-refractivity contribution in [2.24, 2.45) is 0 Å². The lowest BCUT2D eigenvalue weighted by Gasteiger charge is -2.15. The van der Waals surface area contributed by atoms with Crippen molar-refractivity contribution >= 4 is 16.6 Å². The summed E-state index contributed by atoms with van der Waals surface area (Å²) in [5, 5.41) is 4.81. The Kier molecular flexibility index (Phi) is 3.61. The third-order valence-electron chi connectivity index (χ3n) is 3.87. The van der Waals surface area contributed by atoms with Crippen LogP contribution < -0.4 is 5.32 Å². The fraction of sp³-hybridized carbons (Fsp3) is 0.211. The van der Waals surface area contributed by atoms with Gasteiger partial charge in [0.2, 0.25) is 0 Å². The zero-order valence-corrected chi connectivity index (χ0v) is 12.8. The summed E-state index contributed by atoms with van der Waals surface area (Å²) in [4.78, 5) is 4.42. The molecule has 2 nitrogen and oxygen atoms in total. The molecular weight excluding hydrogens is 256 g/mol. The molecule has 3 rings (SSSR count). The molecule has 2 heteroatoms. The van der Waals surface area contributed by atoms with Gasteiger partial charge in [-0.3, -0.25) is 4.98 Å². The zero-order chi connectivity index (χ0) is 14.8. The first-order valence-corrected chi connectivity index (χ1v) is 7.29. The molecule has 0 aliphatic rings. The van der Waals surface area contributed by atoms with Gasteiger partial charge in [-0.2, -0.15) is 0 Å². The highest BCUT2D eigenvalue weighted by Crippen LogP contribution is 2.24. The van der Waals surface area contributed by atoms with Gasteiger partial charge in [0.05, 0.1) is 5.52 Å². The monoisotopic (exact) mass is 276 g/mol. The molecule has 1 N–H and O–H groups in total. The molecule has 21 heavy (non-hydrogen) atoms. The van der Waals surface area contributed by atoms with Gasteiger partial charge in [-0.25, -0.2) is 0 Å². The van der Waals surface area contributed by atoms with Crippen LogP contribution in [0.15, 0.2) is 48.7 Å². The van der Waals surface area contributed by atoms with Crippen LogP contribution in [0.2, 0.25) is 0 Å². The van der Waals surface area contributed by atoms with E-state index in [0.29, 0.717) is 0 Å². The van der Waals surface area contributed by atoms with Crippen molar-refractivity contribution in [2.75, 3.05) is 5.32 Å². The molecule has 0 spiro atoms. The Labute approximate surface area is 125 Å². The third-order valence-corrected chi connectivity index (χ3v) is 3.87. The molecule has 3 aromatic rings. The van der Waals surface area contributed by atoms with Crippen molar-refractivity contribution < 1.29 is 0 Å². The molecule has 0 saturated carbocycles. The van der Waals surface area contributed by atoms with Gasteiger partial charge in [-0.15, -0.1) is 0 Å². The van der Waals surface area contributed by atoms with Gasteiger partial charge in [0.25, 0.3) is 0 Å². The van der Waals surface area contributed by atoms with E-state index in [1.807, 2.05) is 12.3 Å². The topological polar surface area (TPSA) is 24.9 Å². The van der Waals surface area contributed by atoms with Crippen LogP contribution in [0.25, 0.3) is 10.9 Å². The molecule has 0 amide bonds. The van der Waals surface area contributed by atoms with Gasteiger partial charge in [0, 0.05) is 23.8 Å². The van der Waals surface area contributed by atoms with E-state index in [-0.39, 0.29) is 0 Å². The molecule has 106 valence electrons. The predicted octanol–water partition coefficient (Wildman–Crippen LogP) is 4.77. The smallest absolute Gasteiger partial charge is 0.0705 e. The minimum atomic E-state index is 0.813. The second kappa shape index (κ2) is 5.57. The van der Waals surface area contributed by atoms with Gasteiger partial charge >= 0.3 is 0 Å². The average Bonchev–Trinajstić information content (AvgIpc) is 2.46. The number of nitrogens with zero attached hydrogens (tertiary/aromatic N) is 1. The molecule has 0 fully saturated rings. The summed E-state index contributed by atoms with van der Waals surface area (Å²) in [5.74, 6) is 0. The van der Waals surface area contributed by atoms with Crippen LogP contribution in [0, 0.1) is 20.8 Å². The Bertz CT molecular complexity index is 762. The molecule has 1 aromatic heterocycles. The summed E-state index contributed by atoms with van der Waals surface area (Å²) < 4.78 is 0. The van der Waals surface area contributed by atoms with E-state index in [9.17, 15) is 0 Å². The number of anilines is 1. The fourth-order valence-corrected chi connectivity index (χ4v) is 2.95. The maximum absolute atomic E-state index is 4.42. The van der Waals surface area contributed by atoms with Gasteiger partial charge in [-0.05, 0) is 49.6 Å². The van der Waals surface area contributed by atoms with Gasteiger partial charge in [-0.1, -0.05) is 35.9 Å². The number of hydrogen-bond acceptors (Lipinski definition) is 2. The standard InChI is InChI=1S/C19H20N2/c1-13-10-14(2)19(15(3)11-13)21-12-16-8-9-20-18-7-5-4-6-17(16)18/h4-11,21H,12H2,1-3H3. The molecule has 0 atom stereocenters. The number of hydrogen-bond donors (Lipinski definition) is 1. The SMILES string of the molecule is Cc1cc(C)c(NCc2ccnc3ccccc23)c(C)c1. The Hall–Kier alpha value is -2.35. The van der Waals surface area contributed by atoms with Crippen molar-refractivity contribution in [2.45, 2.75) is 27.3 Å². The van der Waals surface area contributed by atoms with E-state index < -0.39 is 0 Å². The lowest BCUT2D eigenvalue weighted by atomic mass is 10.0. The van der Waals surface area contributed by atoms with Gasteiger partial charge in [0.1, 0.15) is 0 Å². The highest BCUT2D eigenvalue weighted by atomic mass is 14.9. The van der Waals surface area contributed by atoms with Crippen molar-refractivity contribution in [1.29, 1.82) is 0 Å². The molecular formula is C19H20N2. The Balaban J connectivity index is 1.91. The molecule has 0 radical (unpaired) electrons. The molecule has 2 aromatic carbocycles. The second-order valence-corrected chi connectivity index (χ2v) is 5.61. The number of para-hydroxylation sites is 1. The van der Waals surface area contributed by atoms with E-state index in [0.717, 1.165) is 12.1 Å². The number of pyridine rings is 1. The number of aromatic nitrogens is 1. The van der Waals surface area contributed by atoms with Crippen LogP contribution >= 0.6 is 0 Å². The molecule has 0 saturated heterocycles. The Morgan fingerprint density at radius 1 is 0.952 bits per heavy atom. The van der Waals surface area contributed by atoms with E-state index in [1.165, 1.54) is 33.3 Å². The van der Waals surface area contributed by atoms with Crippen LogP contribution in [0.4, 0.5) is 5.69 Å². The number of rotatable bonds is 3. The Morgan fingerprint density at radius 3 is 2.43 bits per heavy atom. The zero-order valence-electron chi connectivity index (χ0n) is 12.8. The minimum absolute atomic E-state index is 0.813. The van der Waals surface area contributed by atoms with Crippen LogP contribution in [0.3, 0.4) is 0 Å². The first kappa shape index (κ1) is 13.6. The summed E-state index contributed by atoms with van der Waals surface area (Å²) in [6.45, 7) is 7.27. The maximum atomic E-state index is 4.42. The minimum Gasteiger partial charge on any atom is -0.381 e. The fourth-order valence-electron chi connectivity index (χ4n) is 2.95. The predicted molar refractivity (Wildman–Crippen MR) is 89.7 cm³/mol. The largest absolute Gasteiger partial charge is 0.381 e. The van der Waals surface area contributed by atoms with Crippen molar-refractivity contribution in [3.8, 4) is 0 Å². The first-order chi connectivity index (χ1) is 10.1. The number of benzene rings is 2. The van der Waals surface area contributed by atoms with Crippen molar-refractivity contribution in [3.05, 3.63) is 70.9 Å². The van der Waals surface area contributed by atoms with Crippen LogP contribution in [-0.4, -0.2) is 4.98 Å². The lowest BCUT2D eigenvalue weighted by Crippen LogP contribution is -2.04. The van der Waals surface area contributed by atoms with Gasteiger partial charge in [0.15, 0.2) is 0 Å². The first-order valence-electron chi connectivity index (χ1n) is 7.29. The van der Waals surface area contributed by atoms with E-state index in [1.54, 1.807) is 0 Å². The normalized spacial score (nSPS) is 10.8. The lowest BCUT2D eigenvalue weighted by molar-refractivity contribution is 1.13. The summed E-state index contributed by atoms with van der Waals surface area (Å²) >= 11 is 0. The van der Waals surface area contributed by atoms with E-state index in [4.69, 9.17) is 0 Å². The highest BCUT2D eigenvalue weighted by Gasteiger charge is 2.05. The maximum Gasteiger partial charge on any atom is 0.0705 e. The summed E-state index contributed by atoms with van der Waals surface area (Å²) in [6, 6.07) is 14.8. The summed E-state index contributed by atoms with van der Waals surface area (Å²) in [7, 11) is 0. The molecule has 0 unspecified atom stereocenters. The van der Waals surface area contributed by atoms with E-state index in [2.05, 4.69) is 67.5 Å². The van der Waals surface area contributed by atoms with Crippen molar-refractivity contribution in [3.63, 3.8) is 0 Å². The Morgan fingerprint density at radius 2 is 1.67 bits per heavy atom. The number of fused-ring (bicyclic) bond motifs is 1. The third kappa shape index (κ3) is 2.75. The molecule has 0 aliphatic carbocycles. The van der Waals surface area contributed by atoms with Crippen LogP contribution in [-0.2, 0) is 6.54 Å². The van der Waals surface area contributed by atoms with Gasteiger partial charge < -0.3 is 5.32 Å². The van der Waals surface area contributed by atoms with Crippen LogP contribution in [0.5, 0.6) is 0 Å². The highest BCUT2D eigenvalue weighted by molar-refractivity contribution is 5.82. The quantitative estimate of drug-likeness (QED) is 0.745. The van der Waals surface area contributed by atoms with Crippen molar-refractivity contribution in [1.82, 2.24) is 4.98 Å². The average molecular weight is 276 g/mol. The second-order valence-electron chi connectivity index (χ2n) is 5.61. The van der Waals surface area contributed by atoms with Crippen LogP contribution in [0.1, 0.15) is 22.3 Å². The summed E-state index contributed by atoms with van der Waals surface area (Å²) in [5.41, 5.74) is 7.47. The van der Waals surface area contributed by atoms with E-state index >= 15 is 0 Å². The number of nitrogens with one attached hydrogen (secondary N) is 1. The molecule has 0 bridgehead atoms. The molecule has 1 heterocycles. The summed E-state index contributed by atoms with van der Waals surface area (Å²) in [6.07, 6.45) is 1.88. The number of aryl methyl sites for hydroxylation is 3. The molecule has 0 aliphatic heterocycles.